The molecule has 0 radical (unpaired) electrons. The number of nitrogens with one attached hydrogen (secondary N) is 1. The quantitative estimate of drug-likeness (QED) is 0.815. The van der Waals surface area contributed by atoms with Crippen LogP contribution in [0.15, 0.2) is 29.2 Å². The van der Waals surface area contributed by atoms with E-state index in [1.165, 1.54) is 24.3 Å². The molecule has 0 aromatic heterocycles. The molecule has 7 heteroatoms. The highest BCUT2D eigenvalue weighted by Crippen LogP contribution is 2.18. The SMILES string of the molecule is CCC(C)NC(=O)COc1ccc(S(=O)(=O)Cl)cc1. The van der Waals surface area contributed by atoms with Gasteiger partial charge in [0.05, 0.1) is 4.90 Å². The first kappa shape index (κ1) is 15.8. The van der Waals surface area contributed by atoms with Crippen LogP contribution in [-0.2, 0) is 13.8 Å². The predicted molar refractivity (Wildman–Crippen MR) is 72.9 cm³/mol. The lowest BCUT2D eigenvalue weighted by molar-refractivity contribution is -0.123. The topological polar surface area (TPSA) is 72.5 Å². The van der Waals surface area contributed by atoms with Crippen LogP contribution in [-0.4, -0.2) is 27.0 Å². The Morgan fingerprint density at radius 1 is 1.37 bits per heavy atom. The van der Waals surface area contributed by atoms with Crippen molar-refractivity contribution in [3.63, 3.8) is 0 Å². The van der Waals surface area contributed by atoms with Gasteiger partial charge in [0, 0.05) is 16.7 Å². The molecule has 0 spiro atoms. The third-order valence-electron chi connectivity index (χ3n) is 2.49. The summed E-state index contributed by atoms with van der Waals surface area (Å²) in [5, 5.41) is 2.75. The lowest BCUT2D eigenvalue weighted by Crippen LogP contribution is -2.35. The molecule has 1 aromatic carbocycles. The minimum Gasteiger partial charge on any atom is -0.484 e. The first-order valence-electron chi connectivity index (χ1n) is 5.79. The second kappa shape index (κ2) is 6.77. The van der Waals surface area contributed by atoms with E-state index in [4.69, 9.17) is 15.4 Å². The van der Waals surface area contributed by atoms with Gasteiger partial charge in [-0.25, -0.2) is 8.42 Å². The number of hydrogen-bond donors (Lipinski definition) is 1. The summed E-state index contributed by atoms with van der Waals surface area (Å²) in [6.07, 6.45) is 0.841. The van der Waals surface area contributed by atoms with Gasteiger partial charge in [0.2, 0.25) is 0 Å². The van der Waals surface area contributed by atoms with E-state index >= 15 is 0 Å². The number of ether oxygens (including phenoxy) is 1. The fourth-order valence-electron chi connectivity index (χ4n) is 1.27. The van der Waals surface area contributed by atoms with Crippen LogP contribution >= 0.6 is 10.7 Å². The lowest BCUT2D eigenvalue weighted by atomic mass is 10.2. The number of halogens is 1. The van der Waals surface area contributed by atoms with Gasteiger partial charge in [-0.15, -0.1) is 0 Å². The average molecular weight is 306 g/mol. The molecular weight excluding hydrogens is 290 g/mol. The van der Waals surface area contributed by atoms with Crippen LogP contribution in [0.4, 0.5) is 0 Å². The molecule has 0 aliphatic rings. The highest BCUT2D eigenvalue weighted by atomic mass is 35.7. The Balaban J connectivity index is 2.53. The zero-order chi connectivity index (χ0) is 14.5. The lowest BCUT2D eigenvalue weighted by Gasteiger charge is -2.12. The summed E-state index contributed by atoms with van der Waals surface area (Å²) in [6, 6.07) is 5.64. The van der Waals surface area contributed by atoms with Crippen LogP contribution in [0.3, 0.4) is 0 Å². The van der Waals surface area contributed by atoms with E-state index in [1.807, 2.05) is 13.8 Å². The van der Waals surface area contributed by atoms with E-state index < -0.39 is 9.05 Å². The molecule has 0 fully saturated rings. The van der Waals surface area contributed by atoms with Crippen molar-refractivity contribution in [2.75, 3.05) is 6.61 Å². The number of hydrogen-bond acceptors (Lipinski definition) is 4. The van der Waals surface area contributed by atoms with Crippen molar-refractivity contribution in [3.8, 4) is 5.75 Å². The molecule has 1 aromatic rings. The second-order valence-electron chi connectivity index (χ2n) is 4.07. The number of carbonyl (C=O) groups excluding carboxylic acids is 1. The van der Waals surface area contributed by atoms with Crippen molar-refractivity contribution in [1.29, 1.82) is 0 Å². The van der Waals surface area contributed by atoms with Gasteiger partial charge in [0.15, 0.2) is 6.61 Å². The molecule has 1 atom stereocenters. The van der Waals surface area contributed by atoms with Crippen LogP contribution < -0.4 is 10.1 Å². The summed E-state index contributed by atoms with van der Waals surface area (Å²) in [4.78, 5) is 11.5. The standard InChI is InChI=1S/C12H16ClNO4S/c1-3-9(2)14-12(15)8-18-10-4-6-11(7-5-10)19(13,16)17/h4-7,9H,3,8H2,1-2H3,(H,14,15). The summed E-state index contributed by atoms with van der Waals surface area (Å²) >= 11 is 0. The molecule has 1 rings (SSSR count). The minimum absolute atomic E-state index is 0.00873. The molecular formula is C12H16ClNO4S. The zero-order valence-electron chi connectivity index (χ0n) is 10.7. The monoisotopic (exact) mass is 305 g/mol. The van der Waals surface area contributed by atoms with Gasteiger partial charge < -0.3 is 10.1 Å². The highest BCUT2D eigenvalue weighted by molar-refractivity contribution is 8.13. The second-order valence-corrected chi connectivity index (χ2v) is 6.64. The Morgan fingerprint density at radius 2 is 1.95 bits per heavy atom. The molecule has 0 saturated carbocycles. The first-order chi connectivity index (χ1) is 8.82. The van der Waals surface area contributed by atoms with Crippen molar-refractivity contribution in [3.05, 3.63) is 24.3 Å². The van der Waals surface area contributed by atoms with E-state index in [0.717, 1.165) is 6.42 Å². The molecule has 0 bridgehead atoms. The molecule has 1 unspecified atom stereocenters. The zero-order valence-corrected chi connectivity index (χ0v) is 12.3. The van der Waals surface area contributed by atoms with E-state index in [0.29, 0.717) is 5.75 Å². The molecule has 1 amide bonds. The molecule has 0 aliphatic carbocycles. The first-order valence-corrected chi connectivity index (χ1v) is 8.10. The summed E-state index contributed by atoms with van der Waals surface area (Å²) in [5.74, 6) is 0.187. The van der Waals surface area contributed by atoms with Gasteiger partial charge in [-0.1, -0.05) is 6.92 Å². The van der Waals surface area contributed by atoms with Gasteiger partial charge >= 0.3 is 0 Å². The van der Waals surface area contributed by atoms with Crippen molar-refractivity contribution >= 4 is 25.6 Å². The van der Waals surface area contributed by atoms with E-state index in [2.05, 4.69) is 5.32 Å². The molecule has 1 N–H and O–H groups in total. The van der Waals surface area contributed by atoms with Gasteiger partial charge in [-0.3, -0.25) is 4.79 Å². The Kier molecular flexibility index (Phi) is 5.62. The average Bonchev–Trinajstić information content (AvgIpc) is 2.35. The fourth-order valence-corrected chi connectivity index (χ4v) is 2.04. The third kappa shape index (κ3) is 5.48. The number of amides is 1. The van der Waals surface area contributed by atoms with Crippen molar-refractivity contribution in [2.45, 2.75) is 31.2 Å². The predicted octanol–water partition coefficient (Wildman–Crippen LogP) is 1.91. The number of carbonyl (C=O) groups is 1. The van der Waals surface area contributed by atoms with Gasteiger partial charge in [0.1, 0.15) is 5.75 Å². The van der Waals surface area contributed by atoms with E-state index in [9.17, 15) is 13.2 Å². The molecule has 0 heterocycles. The maximum absolute atomic E-state index is 11.5. The fraction of sp³-hybridized carbons (Fsp3) is 0.417. The molecule has 0 saturated heterocycles. The summed E-state index contributed by atoms with van der Waals surface area (Å²) < 4.78 is 27.3. The van der Waals surface area contributed by atoms with E-state index in [1.54, 1.807) is 0 Å². The van der Waals surface area contributed by atoms with Crippen molar-refractivity contribution in [1.82, 2.24) is 5.32 Å². The number of benzene rings is 1. The summed E-state index contributed by atoms with van der Waals surface area (Å²) in [6.45, 7) is 3.76. The molecule has 5 nitrogen and oxygen atoms in total. The molecule has 0 aliphatic heterocycles. The summed E-state index contributed by atoms with van der Waals surface area (Å²) in [5.41, 5.74) is 0. The Morgan fingerprint density at radius 3 is 2.42 bits per heavy atom. The smallest absolute Gasteiger partial charge is 0.261 e. The van der Waals surface area contributed by atoms with Crippen LogP contribution in [0.25, 0.3) is 0 Å². The van der Waals surface area contributed by atoms with Gasteiger partial charge in [-0.2, -0.15) is 0 Å². The van der Waals surface area contributed by atoms with Gasteiger partial charge in [0.25, 0.3) is 15.0 Å². The molecule has 106 valence electrons. The van der Waals surface area contributed by atoms with Crippen molar-refractivity contribution < 1.29 is 17.9 Å². The highest BCUT2D eigenvalue weighted by Gasteiger charge is 2.10. The maximum atomic E-state index is 11.5. The van der Waals surface area contributed by atoms with E-state index in [-0.39, 0.29) is 23.5 Å². The third-order valence-corrected chi connectivity index (χ3v) is 3.86. The van der Waals surface area contributed by atoms with Crippen LogP contribution in [0.5, 0.6) is 5.75 Å². The van der Waals surface area contributed by atoms with Crippen molar-refractivity contribution in [2.24, 2.45) is 0 Å². The molecule has 19 heavy (non-hydrogen) atoms. The summed E-state index contributed by atoms with van der Waals surface area (Å²) in [7, 11) is 1.45. The Bertz CT molecular complexity index is 527. The largest absolute Gasteiger partial charge is 0.484 e. The van der Waals surface area contributed by atoms with Crippen LogP contribution in [0.2, 0.25) is 0 Å². The van der Waals surface area contributed by atoms with Crippen LogP contribution in [0, 0.1) is 0 Å². The Labute approximate surface area is 117 Å². The Hall–Kier alpha value is -1.27. The number of rotatable bonds is 6. The normalized spacial score (nSPS) is 12.8. The van der Waals surface area contributed by atoms with Crippen LogP contribution in [0.1, 0.15) is 20.3 Å². The minimum atomic E-state index is -3.73. The maximum Gasteiger partial charge on any atom is 0.261 e. The van der Waals surface area contributed by atoms with Gasteiger partial charge in [-0.05, 0) is 37.6 Å².